The molecule has 0 heterocycles. The van der Waals surface area contributed by atoms with Crippen LogP contribution in [0.3, 0.4) is 0 Å². The molecule has 0 aliphatic rings. The molecule has 0 rings (SSSR count). The number of allylic oxidation sites excluding steroid dienone is 2. The van der Waals surface area contributed by atoms with E-state index in [0.29, 0.717) is 0 Å². The van der Waals surface area contributed by atoms with Crippen LogP contribution in [-0.4, -0.2) is 5.11 Å². The molecule has 1 nitrogen and oxygen atoms in total. The molecule has 1 N–H and O–H groups in total. The zero-order chi connectivity index (χ0) is 4.12. The van der Waals surface area contributed by atoms with Crippen molar-refractivity contribution in [2.75, 3.05) is 0 Å². The Labute approximate surface area is 71.1 Å². The maximum Gasteiger partial charge on any atom is 0 e. The van der Waals surface area contributed by atoms with E-state index < -0.39 is 0 Å². The molecule has 0 saturated heterocycles. The van der Waals surface area contributed by atoms with Crippen molar-refractivity contribution in [1.29, 1.82) is 0 Å². The zero-order valence-electron chi connectivity index (χ0n) is 3.26. The van der Waals surface area contributed by atoms with Gasteiger partial charge < -0.3 is 5.11 Å². The minimum Gasteiger partial charge on any atom is -0.534 e. The fourth-order valence-electron chi connectivity index (χ4n) is 0.0497. The van der Waals surface area contributed by atoms with Crippen LogP contribution in [0.25, 0.3) is 0 Å². The van der Waals surface area contributed by atoms with E-state index in [1.165, 1.54) is 12.2 Å². The third kappa shape index (κ3) is 8.82. The summed E-state index contributed by atoms with van der Waals surface area (Å²) in [5, 5.41) is 7.77. The van der Waals surface area contributed by atoms with E-state index in [1.807, 2.05) is 0 Å². The van der Waals surface area contributed by atoms with Gasteiger partial charge in [-0.25, -0.2) is 6.08 Å². The Bertz CT molecular complexity index is 49.5. The molecule has 0 unspecified atom stereocenters. The van der Waals surface area contributed by atoms with Gasteiger partial charge in [-0.3, -0.25) is 6.58 Å². The molecule has 0 radical (unpaired) electrons. The van der Waals surface area contributed by atoms with Crippen LogP contribution in [0.15, 0.2) is 18.4 Å². The molecular formula is C4H5CeO-. The average Bonchev–Trinajstić information content (AvgIpc) is 1.41. The molecule has 0 bridgehead atoms. The van der Waals surface area contributed by atoms with E-state index in [0.717, 1.165) is 6.26 Å². The van der Waals surface area contributed by atoms with Crippen LogP contribution in [0.5, 0.6) is 0 Å². The second kappa shape index (κ2) is 9.17. The normalized spacial score (nSPS) is 7.33. The van der Waals surface area contributed by atoms with Crippen molar-refractivity contribution in [3.63, 3.8) is 0 Å². The maximum atomic E-state index is 7.77. The minimum absolute atomic E-state index is 0. The minimum atomic E-state index is 0. The van der Waals surface area contributed by atoms with Crippen LogP contribution in [-0.2, 0) is 0 Å². The summed E-state index contributed by atoms with van der Waals surface area (Å²) in [7, 11) is 0. The van der Waals surface area contributed by atoms with Gasteiger partial charge in [0.2, 0.25) is 0 Å². The van der Waals surface area contributed by atoms with Crippen LogP contribution in [0.4, 0.5) is 0 Å². The number of rotatable bonds is 1. The molecule has 0 fully saturated rings. The van der Waals surface area contributed by atoms with Crippen molar-refractivity contribution in [1.82, 2.24) is 0 Å². The summed E-state index contributed by atoms with van der Waals surface area (Å²) in [6.07, 6.45) is 3.46. The van der Waals surface area contributed by atoms with Gasteiger partial charge >= 0.3 is 0 Å². The van der Waals surface area contributed by atoms with Crippen molar-refractivity contribution in [2.45, 2.75) is 0 Å². The van der Waals surface area contributed by atoms with Gasteiger partial charge in [-0.05, 0) is 6.26 Å². The smallest absolute Gasteiger partial charge is 0 e. The van der Waals surface area contributed by atoms with Gasteiger partial charge in [-0.1, -0.05) is 0 Å². The molecule has 0 aromatic rings. The van der Waals surface area contributed by atoms with E-state index in [1.54, 1.807) is 0 Å². The predicted octanol–water partition coefficient (Wildman–Crippen LogP) is 1.05. The first-order valence-corrected chi connectivity index (χ1v) is 1.26. The Morgan fingerprint density at radius 2 is 2.00 bits per heavy atom. The predicted molar refractivity (Wildman–Crippen MR) is 20.6 cm³/mol. The molecule has 0 aromatic carbocycles. The average molecular weight is 209 g/mol. The molecule has 0 aliphatic heterocycles. The first kappa shape index (κ1) is 9.82. The van der Waals surface area contributed by atoms with Crippen LogP contribution in [0, 0.1) is 48.3 Å². The van der Waals surface area contributed by atoms with Gasteiger partial charge in [0.05, 0.1) is 0 Å². The van der Waals surface area contributed by atoms with Crippen LogP contribution < -0.4 is 0 Å². The summed E-state index contributed by atoms with van der Waals surface area (Å²) in [6.45, 7) is 4.77. The number of hydrogen-bond donors (Lipinski definition) is 1. The Morgan fingerprint density at radius 3 is 2.00 bits per heavy atom. The fourth-order valence-corrected chi connectivity index (χ4v) is 0.0497. The Kier molecular flexibility index (Phi) is 15.0. The fraction of sp³-hybridized carbons (Fsp3) is 0. The zero-order valence-corrected chi connectivity index (χ0v) is 6.40. The summed E-state index contributed by atoms with van der Waals surface area (Å²) < 4.78 is 0. The number of aliphatic hydroxyl groups excluding tert-OH is 1. The van der Waals surface area contributed by atoms with Crippen molar-refractivity contribution in [3.05, 3.63) is 25.0 Å². The van der Waals surface area contributed by atoms with E-state index in [-0.39, 0.29) is 41.7 Å². The van der Waals surface area contributed by atoms with Crippen LogP contribution in [0.1, 0.15) is 0 Å². The first-order valence-electron chi connectivity index (χ1n) is 1.26. The summed E-state index contributed by atoms with van der Waals surface area (Å²) in [5.41, 5.74) is 0. The second-order valence-electron chi connectivity index (χ2n) is 0.534. The van der Waals surface area contributed by atoms with Gasteiger partial charge in [-0.15, -0.1) is 0 Å². The van der Waals surface area contributed by atoms with E-state index in [2.05, 4.69) is 0 Å². The molecule has 32 valence electrons. The van der Waals surface area contributed by atoms with Crippen molar-refractivity contribution in [3.8, 4) is 0 Å². The van der Waals surface area contributed by atoms with Crippen LogP contribution in [0.2, 0.25) is 0 Å². The number of hydrogen-bond acceptors (Lipinski definition) is 1. The third-order valence-corrected chi connectivity index (χ3v) is 0.197. The summed E-state index contributed by atoms with van der Waals surface area (Å²) >= 11 is 0. The van der Waals surface area contributed by atoms with E-state index >= 15 is 0 Å². The standard InChI is InChI=1S/C4H5O.Ce/c1-2-3-4-5;/h1-5H;/q-1;/b4-3-;. The van der Waals surface area contributed by atoms with Gasteiger partial charge in [-0.2, -0.15) is 6.08 Å². The molecule has 0 spiro atoms. The molecule has 0 amide bonds. The SMILES string of the molecule is [CH-]=C/C=C\O.[Ce]. The van der Waals surface area contributed by atoms with Gasteiger partial charge in [0.15, 0.2) is 0 Å². The summed E-state index contributed by atoms with van der Waals surface area (Å²) in [6, 6.07) is 0. The molecular weight excluding hydrogens is 204 g/mol. The Morgan fingerprint density at radius 1 is 1.50 bits per heavy atom. The molecule has 0 saturated carbocycles. The molecule has 6 heavy (non-hydrogen) atoms. The topological polar surface area (TPSA) is 20.2 Å². The molecule has 0 aromatic heterocycles. The van der Waals surface area contributed by atoms with Gasteiger partial charge in [0.25, 0.3) is 0 Å². The van der Waals surface area contributed by atoms with Gasteiger partial charge in [0, 0.05) is 41.7 Å². The first-order chi connectivity index (χ1) is 2.41. The maximum absolute atomic E-state index is 7.77. The largest absolute Gasteiger partial charge is 0.534 e. The quantitative estimate of drug-likeness (QED) is 0.389. The Balaban J connectivity index is 0. The molecule has 2 heteroatoms. The van der Waals surface area contributed by atoms with E-state index in [9.17, 15) is 0 Å². The van der Waals surface area contributed by atoms with Crippen LogP contribution >= 0.6 is 0 Å². The monoisotopic (exact) mass is 209 g/mol. The van der Waals surface area contributed by atoms with Crippen molar-refractivity contribution < 1.29 is 46.9 Å². The van der Waals surface area contributed by atoms with Crippen molar-refractivity contribution in [2.24, 2.45) is 0 Å². The van der Waals surface area contributed by atoms with Crippen molar-refractivity contribution >= 4 is 0 Å². The third-order valence-electron chi connectivity index (χ3n) is 0.197. The summed E-state index contributed by atoms with van der Waals surface area (Å²) in [4.78, 5) is 0. The summed E-state index contributed by atoms with van der Waals surface area (Å²) in [5.74, 6) is 0. The molecule has 0 atom stereocenters. The number of aliphatic hydroxyl groups is 1. The van der Waals surface area contributed by atoms with Gasteiger partial charge in [0.1, 0.15) is 0 Å². The Hall–Kier alpha value is 0.657. The molecule has 0 aliphatic carbocycles. The van der Waals surface area contributed by atoms with E-state index in [4.69, 9.17) is 11.7 Å². The second-order valence-corrected chi connectivity index (χ2v) is 0.534.